The van der Waals surface area contributed by atoms with Gasteiger partial charge in [-0.05, 0) is 35.7 Å². The highest BCUT2D eigenvalue weighted by molar-refractivity contribution is 6.01. The predicted octanol–water partition coefficient (Wildman–Crippen LogP) is 2.57. The number of carbonyl (C=O) groups excluding carboxylic acids is 3. The van der Waals surface area contributed by atoms with Gasteiger partial charge in [0.1, 0.15) is 0 Å². The van der Waals surface area contributed by atoms with Gasteiger partial charge in [0.25, 0.3) is 5.91 Å². The molecule has 1 saturated heterocycles. The molecule has 0 aromatic heterocycles. The summed E-state index contributed by atoms with van der Waals surface area (Å²) in [4.78, 5) is 36.8. The zero-order chi connectivity index (χ0) is 17.8. The molecule has 0 saturated carbocycles. The van der Waals surface area contributed by atoms with E-state index in [9.17, 15) is 14.4 Å². The zero-order valence-corrected chi connectivity index (χ0v) is 14.1. The first-order valence-corrected chi connectivity index (χ1v) is 8.29. The van der Waals surface area contributed by atoms with Crippen LogP contribution in [0.1, 0.15) is 39.9 Å². The summed E-state index contributed by atoms with van der Waals surface area (Å²) in [5.74, 6) is -0.418. The minimum Gasteiger partial charge on any atom is -0.348 e. The molecule has 0 spiro atoms. The number of benzene rings is 2. The first kappa shape index (κ1) is 16.9. The fourth-order valence-corrected chi connectivity index (χ4v) is 2.83. The van der Waals surface area contributed by atoms with Crippen LogP contribution in [0.4, 0.5) is 0 Å². The van der Waals surface area contributed by atoms with Crippen molar-refractivity contribution in [2.75, 3.05) is 0 Å². The van der Waals surface area contributed by atoms with Gasteiger partial charge in [-0.1, -0.05) is 36.4 Å². The Morgan fingerprint density at radius 3 is 2.28 bits per heavy atom. The molecule has 0 bridgehead atoms. The van der Waals surface area contributed by atoms with Gasteiger partial charge in [0.15, 0.2) is 0 Å². The van der Waals surface area contributed by atoms with E-state index in [2.05, 4.69) is 5.32 Å². The van der Waals surface area contributed by atoms with E-state index in [-0.39, 0.29) is 37.1 Å². The number of nitrogens with one attached hydrogen (secondary N) is 1. The third kappa shape index (κ3) is 3.94. The molecule has 1 fully saturated rings. The molecule has 3 rings (SSSR count). The second-order valence-electron chi connectivity index (χ2n) is 6.18. The summed E-state index contributed by atoms with van der Waals surface area (Å²) >= 11 is 0. The maximum atomic E-state index is 12.3. The van der Waals surface area contributed by atoms with E-state index in [1.54, 1.807) is 24.3 Å². The Bertz CT molecular complexity index is 796. The van der Waals surface area contributed by atoms with Crippen molar-refractivity contribution in [1.29, 1.82) is 0 Å². The smallest absolute Gasteiger partial charge is 0.251 e. The van der Waals surface area contributed by atoms with E-state index < -0.39 is 0 Å². The minimum atomic E-state index is -0.150. The van der Waals surface area contributed by atoms with Crippen molar-refractivity contribution in [3.05, 3.63) is 70.8 Å². The minimum absolute atomic E-state index is 0.134. The fourth-order valence-electron chi connectivity index (χ4n) is 2.83. The Balaban J connectivity index is 1.60. The Morgan fingerprint density at radius 2 is 1.64 bits per heavy atom. The van der Waals surface area contributed by atoms with Crippen LogP contribution in [-0.4, -0.2) is 22.6 Å². The molecule has 2 aromatic carbocycles. The summed E-state index contributed by atoms with van der Waals surface area (Å²) in [7, 11) is 0. The van der Waals surface area contributed by atoms with E-state index in [0.29, 0.717) is 12.1 Å². The number of nitrogens with zero attached hydrogens (tertiary/aromatic N) is 1. The summed E-state index contributed by atoms with van der Waals surface area (Å²) in [6.07, 6.45) is 0.580. The molecule has 3 amide bonds. The number of amides is 3. The monoisotopic (exact) mass is 336 g/mol. The SMILES string of the molecule is Cc1ccccc1CNC(=O)c1ccc(CN2C(=O)CCC2=O)cc1. The molecule has 25 heavy (non-hydrogen) atoms. The molecule has 1 aliphatic heterocycles. The van der Waals surface area contributed by atoms with Gasteiger partial charge in [0.2, 0.25) is 11.8 Å². The van der Waals surface area contributed by atoms with Crippen LogP contribution in [0.25, 0.3) is 0 Å². The number of rotatable bonds is 5. The van der Waals surface area contributed by atoms with E-state index in [1.165, 1.54) is 4.90 Å². The lowest BCUT2D eigenvalue weighted by molar-refractivity contribution is -0.139. The van der Waals surface area contributed by atoms with Crippen LogP contribution in [-0.2, 0) is 22.7 Å². The molecule has 1 N–H and O–H groups in total. The van der Waals surface area contributed by atoms with E-state index in [1.807, 2.05) is 31.2 Å². The molecular formula is C20H20N2O3. The molecule has 1 aliphatic rings. The zero-order valence-electron chi connectivity index (χ0n) is 14.1. The van der Waals surface area contributed by atoms with Crippen LogP contribution in [0.5, 0.6) is 0 Å². The third-order valence-corrected chi connectivity index (χ3v) is 4.41. The van der Waals surface area contributed by atoms with Crippen molar-refractivity contribution < 1.29 is 14.4 Å². The Kier molecular flexibility index (Phi) is 4.93. The maximum absolute atomic E-state index is 12.3. The van der Waals surface area contributed by atoms with Crippen LogP contribution < -0.4 is 5.32 Å². The standard InChI is InChI=1S/C20H20N2O3/c1-14-4-2-3-5-17(14)12-21-20(25)16-8-6-15(7-9-16)13-22-18(23)10-11-19(22)24/h2-9H,10-13H2,1H3,(H,21,25). The van der Waals surface area contributed by atoms with Gasteiger partial charge in [-0.25, -0.2) is 0 Å². The van der Waals surface area contributed by atoms with Crippen LogP contribution in [0.15, 0.2) is 48.5 Å². The Morgan fingerprint density at radius 1 is 1.00 bits per heavy atom. The number of aryl methyl sites for hydroxylation is 1. The van der Waals surface area contributed by atoms with E-state index in [0.717, 1.165) is 16.7 Å². The number of likely N-dealkylation sites (tertiary alicyclic amines) is 1. The second kappa shape index (κ2) is 7.30. The number of hydrogen-bond donors (Lipinski definition) is 1. The van der Waals surface area contributed by atoms with Crippen LogP contribution in [0.2, 0.25) is 0 Å². The average molecular weight is 336 g/mol. The van der Waals surface area contributed by atoms with Crippen molar-refractivity contribution in [1.82, 2.24) is 10.2 Å². The van der Waals surface area contributed by atoms with E-state index in [4.69, 9.17) is 0 Å². The molecular weight excluding hydrogens is 316 g/mol. The first-order chi connectivity index (χ1) is 12.0. The average Bonchev–Trinajstić information content (AvgIpc) is 2.93. The normalized spacial score (nSPS) is 14.0. The molecule has 0 radical (unpaired) electrons. The van der Waals surface area contributed by atoms with Crippen LogP contribution in [0, 0.1) is 6.92 Å². The highest BCUT2D eigenvalue weighted by atomic mass is 16.2. The number of hydrogen-bond acceptors (Lipinski definition) is 3. The topological polar surface area (TPSA) is 66.5 Å². The third-order valence-electron chi connectivity index (χ3n) is 4.41. The quantitative estimate of drug-likeness (QED) is 0.854. The molecule has 128 valence electrons. The molecule has 0 atom stereocenters. The van der Waals surface area contributed by atoms with Crippen molar-refractivity contribution in [2.24, 2.45) is 0 Å². The Labute approximate surface area is 146 Å². The molecule has 2 aromatic rings. The number of imide groups is 1. The van der Waals surface area contributed by atoms with Gasteiger partial charge in [0.05, 0.1) is 6.54 Å². The van der Waals surface area contributed by atoms with Gasteiger partial charge in [-0.15, -0.1) is 0 Å². The lowest BCUT2D eigenvalue weighted by atomic mass is 10.1. The summed E-state index contributed by atoms with van der Waals surface area (Å²) in [6, 6.07) is 14.9. The second-order valence-corrected chi connectivity index (χ2v) is 6.18. The van der Waals surface area contributed by atoms with Gasteiger partial charge in [-0.3, -0.25) is 19.3 Å². The van der Waals surface area contributed by atoms with Gasteiger partial charge in [0, 0.05) is 24.9 Å². The van der Waals surface area contributed by atoms with Gasteiger partial charge < -0.3 is 5.32 Å². The first-order valence-electron chi connectivity index (χ1n) is 8.29. The largest absolute Gasteiger partial charge is 0.348 e. The lowest BCUT2D eigenvalue weighted by Crippen LogP contribution is -2.28. The highest BCUT2D eigenvalue weighted by Gasteiger charge is 2.28. The van der Waals surface area contributed by atoms with Crippen LogP contribution in [0.3, 0.4) is 0 Å². The van der Waals surface area contributed by atoms with Crippen molar-refractivity contribution >= 4 is 17.7 Å². The fraction of sp³-hybridized carbons (Fsp3) is 0.250. The van der Waals surface area contributed by atoms with Crippen molar-refractivity contribution in [3.63, 3.8) is 0 Å². The van der Waals surface area contributed by atoms with E-state index >= 15 is 0 Å². The molecule has 0 aliphatic carbocycles. The summed E-state index contributed by atoms with van der Waals surface area (Å²) < 4.78 is 0. The molecule has 0 unspecified atom stereocenters. The predicted molar refractivity (Wildman–Crippen MR) is 93.6 cm³/mol. The van der Waals surface area contributed by atoms with Crippen molar-refractivity contribution in [2.45, 2.75) is 32.9 Å². The summed E-state index contributed by atoms with van der Waals surface area (Å²) in [5.41, 5.74) is 3.60. The number of carbonyl (C=O) groups is 3. The lowest BCUT2D eigenvalue weighted by Gasteiger charge is -2.14. The van der Waals surface area contributed by atoms with Crippen LogP contribution >= 0.6 is 0 Å². The van der Waals surface area contributed by atoms with Crippen molar-refractivity contribution in [3.8, 4) is 0 Å². The summed E-state index contributed by atoms with van der Waals surface area (Å²) in [5, 5.41) is 2.91. The molecule has 5 nitrogen and oxygen atoms in total. The highest BCUT2D eigenvalue weighted by Crippen LogP contribution is 2.16. The van der Waals surface area contributed by atoms with Gasteiger partial charge >= 0.3 is 0 Å². The Hall–Kier alpha value is -2.95. The maximum Gasteiger partial charge on any atom is 0.251 e. The van der Waals surface area contributed by atoms with Gasteiger partial charge in [-0.2, -0.15) is 0 Å². The molecule has 1 heterocycles. The molecule has 5 heteroatoms. The summed E-state index contributed by atoms with van der Waals surface area (Å²) in [6.45, 7) is 2.75.